The summed E-state index contributed by atoms with van der Waals surface area (Å²) in [6.45, 7) is 2.88. The van der Waals surface area contributed by atoms with E-state index in [0.29, 0.717) is 28.6 Å². The summed E-state index contributed by atoms with van der Waals surface area (Å²) in [5.41, 5.74) is 1.07. The number of carbonyl (C=O) groups excluding carboxylic acids is 1. The van der Waals surface area contributed by atoms with E-state index < -0.39 is 0 Å². The van der Waals surface area contributed by atoms with Gasteiger partial charge in [-0.25, -0.2) is 4.98 Å². The maximum atomic E-state index is 12.4. The SMILES string of the molecule is CCCNc1cc(C(=O)Nc2cc(OC)ccc2OC)ccn1. The van der Waals surface area contributed by atoms with Crippen LogP contribution in [-0.2, 0) is 0 Å². The van der Waals surface area contributed by atoms with Gasteiger partial charge in [0, 0.05) is 24.4 Å². The van der Waals surface area contributed by atoms with Crippen molar-refractivity contribution in [1.29, 1.82) is 0 Å². The summed E-state index contributed by atoms with van der Waals surface area (Å²) in [5.74, 6) is 1.65. The number of pyridine rings is 1. The van der Waals surface area contributed by atoms with Gasteiger partial charge in [-0.3, -0.25) is 4.79 Å². The van der Waals surface area contributed by atoms with Crippen molar-refractivity contribution in [3.05, 3.63) is 42.1 Å². The fraction of sp³-hybridized carbons (Fsp3) is 0.294. The molecule has 0 unspecified atom stereocenters. The van der Waals surface area contributed by atoms with Crippen molar-refractivity contribution < 1.29 is 14.3 Å². The van der Waals surface area contributed by atoms with Gasteiger partial charge in [0.05, 0.1) is 19.9 Å². The van der Waals surface area contributed by atoms with E-state index in [9.17, 15) is 4.79 Å². The summed E-state index contributed by atoms with van der Waals surface area (Å²) < 4.78 is 10.4. The van der Waals surface area contributed by atoms with Gasteiger partial charge in [0.2, 0.25) is 0 Å². The van der Waals surface area contributed by atoms with Gasteiger partial charge in [0.15, 0.2) is 0 Å². The lowest BCUT2D eigenvalue weighted by molar-refractivity contribution is 0.102. The lowest BCUT2D eigenvalue weighted by Crippen LogP contribution is -2.13. The van der Waals surface area contributed by atoms with Gasteiger partial charge < -0.3 is 20.1 Å². The van der Waals surface area contributed by atoms with E-state index >= 15 is 0 Å². The minimum absolute atomic E-state index is 0.237. The topological polar surface area (TPSA) is 72.5 Å². The number of carbonyl (C=O) groups is 1. The zero-order valence-electron chi connectivity index (χ0n) is 13.6. The molecule has 0 fully saturated rings. The largest absolute Gasteiger partial charge is 0.497 e. The third-order valence-electron chi connectivity index (χ3n) is 3.23. The Balaban J connectivity index is 2.18. The van der Waals surface area contributed by atoms with Crippen molar-refractivity contribution in [2.24, 2.45) is 0 Å². The van der Waals surface area contributed by atoms with Crippen LogP contribution in [0, 0.1) is 0 Å². The number of aromatic nitrogens is 1. The van der Waals surface area contributed by atoms with E-state index in [-0.39, 0.29) is 5.91 Å². The smallest absolute Gasteiger partial charge is 0.255 e. The average molecular weight is 315 g/mol. The van der Waals surface area contributed by atoms with E-state index in [0.717, 1.165) is 13.0 Å². The molecular weight excluding hydrogens is 294 g/mol. The maximum Gasteiger partial charge on any atom is 0.255 e. The van der Waals surface area contributed by atoms with Gasteiger partial charge in [-0.05, 0) is 30.7 Å². The number of anilines is 2. The normalized spacial score (nSPS) is 10.0. The molecule has 0 spiro atoms. The van der Waals surface area contributed by atoms with Crippen LogP contribution < -0.4 is 20.1 Å². The van der Waals surface area contributed by atoms with Crippen molar-refractivity contribution in [2.45, 2.75) is 13.3 Å². The Morgan fingerprint density at radius 1 is 1.17 bits per heavy atom. The van der Waals surface area contributed by atoms with Crippen molar-refractivity contribution >= 4 is 17.4 Å². The summed E-state index contributed by atoms with van der Waals surface area (Å²) in [4.78, 5) is 16.6. The van der Waals surface area contributed by atoms with E-state index in [2.05, 4.69) is 22.5 Å². The van der Waals surface area contributed by atoms with Gasteiger partial charge in [-0.1, -0.05) is 6.92 Å². The van der Waals surface area contributed by atoms with E-state index in [4.69, 9.17) is 9.47 Å². The van der Waals surface area contributed by atoms with E-state index in [1.54, 1.807) is 50.7 Å². The molecule has 23 heavy (non-hydrogen) atoms. The fourth-order valence-corrected chi connectivity index (χ4v) is 2.03. The minimum atomic E-state index is -0.237. The minimum Gasteiger partial charge on any atom is -0.497 e. The number of hydrogen-bond acceptors (Lipinski definition) is 5. The second-order valence-electron chi connectivity index (χ2n) is 4.88. The number of nitrogens with zero attached hydrogens (tertiary/aromatic N) is 1. The maximum absolute atomic E-state index is 12.4. The molecule has 6 heteroatoms. The standard InChI is InChI=1S/C17H21N3O3/c1-4-8-18-16-10-12(7-9-19-16)17(21)20-14-11-13(22-2)5-6-15(14)23-3/h5-7,9-11H,4,8H2,1-3H3,(H,18,19)(H,20,21). The van der Waals surface area contributed by atoms with Crippen molar-refractivity contribution in [1.82, 2.24) is 4.98 Å². The molecule has 0 radical (unpaired) electrons. The number of rotatable bonds is 7. The highest BCUT2D eigenvalue weighted by atomic mass is 16.5. The van der Waals surface area contributed by atoms with Crippen LogP contribution in [0.3, 0.4) is 0 Å². The summed E-state index contributed by atoms with van der Waals surface area (Å²) in [7, 11) is 3.12. The summed E-state index contributed by atoms with van der Waals surface area (Å²) >= 11 is 0. The van der Waals surface area contributed by atoms with Crippen LogP contribution >= 0.6 is 0 Å². The fourth-order valence-electron chi connectivity index (χ4n) is 2.03. The molecule has 2 rings (SSSR count). The number of methoxy groups -OCH3 is 2. The lowest BCUT2D eigenvalue weighted by atomic mass is 10.2. The zero-order chi connectivity index (χ0) is 16.7. The summed E-state index contributed by atoms with van der Waals surface area (Å²) in [6, 6.07) is 8.62. The van der Waals surface area contributed by atoms with Crippen LogP contribution in [0.1, 0.15) is 23.7 Å². The summed E-state index contributed by atoms with van der Waals surface area (Å²) in [6.07, 6.45) is 2.59. The van der Waals surface area contributed by atoms with Crippen LogP contribution in [-0.4, -0.2) is 31.7 Å². The summed E-state index contributed by atoms with van der Waals surface area (Å²) in [5, 5.41) is 5.99. The Morgan fingerprint density at radius 2 is 2.00 bits per heavy atom. The van der Waals surface area contributed by atoms with E-state index in [1.165, 1.54) is 0 Å². The number of hydrogen-bond donors (Lipinski definition) is 2. The van der Waals surface area contributed by atoms with E-state index in [1.807, 2.05) is 0 Å². The molecule has 0 aliphatic carbocycles. The van der Waals surface area contributed by atoms with Gasteiger partial charge in [0.25, 0.3) is 5.91 Å². The highest BCUT2D eigenvalue weighted by molar-refractivity contribution is 6.05. The van der Waals surface area contributed by atoms with Crippen molar-refractivity contribution in [2.75, 3.05) is 31.4 Å². The molecule has 0 aliphatic rings. The van der Waals surface area contributed by atoms with Crippen LogP contribution in [0.2, 0.25) is 0 Å². The first-order valence-electron chi connectivity index (χ1n) is 7.41. The van der Waals surface area contributed by atoms with Crippen LogP contribution in [0.5, 0.6) is 11.5 Å². The predicted molar refractivity (Wildman–Crippen MR) is 90.5 cm³/mol. The van der Waals surface area contributed by atoms with Gasteiger partial charge in [0.1, 0.15) is 17.3 Å². The number of amides is 1. The van der Waals surface area contributed by atoms with Crippen molar-refractivity contribution in [3.63, 3.8) is 0 Å². The van der Waals surface area contributed by atoms with Crippen LogP contribution in [0.25, 0.3) is 0 Å². The Bertz CT molecular complexity index is 674. The monoisotopic (exact) mass is 315 g/mol. The first-order valence-corrected chi connectivity index (χ1v) is 7.41. The van der Waals surface area contributed by atoms with Gasteiger partial charge in [-0.15, -0.1) is 0 Å². The molecular formula is C17H21N3O3. The zero-order valence-corrected chi connectivity index (χ0v) is 13.6. The second-order valence-corrected chi connectivity index (χ2v) is 4.88. The molecule has 122 valence electrons. The number of ether oxygens (including phenoxy) is 2. The highest BCUT2D eigenvalue weighted by Gasteiger charge is 2.11. The Labute approximate surface area is 135 Å². The van der Waals surface area contributed by atoms with Gasteiger partial charge >= 0.3 is 0 Å². The molecule has 2 aromatic rings. The quantitative estimate of drug-likeness (QED) is 0.821. The van der Waals surface area contributed by atoms with Crippen molar-refractivity contribution in [3.8, 4) is 11.5 Å². The first-order chi connectivity index (χ1) is 11.2. The molecule has 2 N–H and O–H groups in total. The third-order valence-corrected chi connectivity index (χ3v) is 3.23. The molecule has 0 aliphatic heterocycles. The van der Waals surface area contributed by atoms with Gasteiger partial charge in [-0.2, -0.15) is 0 Å². The predicted octanol–water partition coefficient (Wildman–Crippen LogP) is 3.17. The lowest BCUT2D eigenvalue weighted by Gasteiger charge is -2.12. The Kier molecular flexibility index (Phi) is 5.80. The molecule has 0 saturated heterocycles. The molecule has 1 amide bonds. The molecule has 0 bridgehead atoms. The Morgan fingerprint density at radius 3 is 2.70 bits per heavy atom. The van der Waals surface area contributed by atoms with Crippen LogP contribution in [0.15, 0.2) is 36.5 Å². The molecule has 1 heterocycles. The number of benzene rings is 1. The Hall–Kier alpha value is -2.76. The molecule has 6 nitrogen and oxygen atoms in total. The first kappa shape index (κ1) is 16.6. The average Bonchev–Trinajstić information content (AvgIpc) is 2.60. The number of nitrogens with one attached hydrogen (secondary N) is 2. The molecule has 0 atom stereocenters. The molecule has 1 aromatic carbocycles. The molecule has 1 aromatic heterocycles. The third kappa shape index (κ3) is 4.35. The molecule has 0 saturated carbocycles. The second kappa shape index (κ2) is 8.03. The van der Waals surface area contributed by atoms with Crippen LogP contribution in [0.4, 0.5) is 11.5 Å². The highest BCUT2D eigenvalue weighted by Crippen LogP contribution is 2.29.